The molecule has 0 aliphatic carbocycles. The molecule has 1 amide bonds. The quantitative estimate of drug-likeness (QED) is 0.893. The zero-order valence-corrected chi connectivity index (χ0v) is 14.0. The summed E-state index contributed by atoms with van der Waals surface area (Å²) in [6, 6.07) is 0.530. The van der Waals surface area contributed by atoms with Gasteiger partial charge in [-0.25, -0.2) is 0 Å². The van der Waals surface area contributed by atoms with Crippen molar-refractivity contribution in [3.05, 3.63) is 17.0 Å². The fourth-order valence-corrected chi connectivity index (χ4v) is 2.88. The number of nitrogens with one attached hydrogen (secondary N) is 2. The minimum atomic E-state index is 0. The lowest BCUT2D eigenvalue weighted by molar-refractivity contribution is -0.126. The second kappa shape index (κ2) is 7.80. The zero-order chi connectivity index (χ0) is 14.7. The van der Waals surface area contributed by atoms with E-state index in [2.05, 4.69) is 22.7 Å². The van der Waals surface area contributed by atoms with Gasteiger partial charge in [0.05, 0.1) is 5.69 Å². The Hall–Kier alpha value is -1.07. The van der Waals surface area contributed by atoms with E-state index in [0.717, 1.165) is 42.8 Å². The van der Waals surface area contributed by atoms with Crippen LogP contribution in [0.5, 0.6) is 0 Å². The minimum Gasteiger partial charge on any atom is -0.361 e. The molecule has 1 unspecified atom stereocenters. The van der Waals surface area contributed by atoms with Gasteiger partial charge in [-0.3, -0.25) is 4.79 Å². The van der Waals surface area contributed by atoms with Gasteiger partial charge in [-0.1, -0.05) is 5.16 Å². The molecule has 120 valence electrons. The topological polar surface area (TPSA) is 67.2 Å². The number of aromatic nitrogens is 1. The summed E-state index contributed by atoms with van der Waals surface area (Å²) in [6.45, 7) is 8.95. The Morgan fingerprint density at radius 2 is 2.24 bits per heavy atom. The third-order valence-electron chi connectivity index (χ3n) is 4.07. The van der Waals surface area contributed by atoms with Crippen LogP contribution in [0.25, 0.3) is 0 Å². The molecule has 1 aliphatic heterocycles. The van der Waals surface area contributed by atoms with E-state index in [-0.39, 0.29) is 30.3 Å². The van der Waals surface area contributed by atoms with Crippen LogP contribution in [0.3, 0.4) is 0 Å². The average molecular weight is 316 g/mol. The van der Waals surface area contributed by atoms with Crippen molar-refractivity contribution in [3.63, 3.8) is 0 Å². The van der Waals surface area contributed by atoms with Crippen LogP contribution >= 0.6 is 12.4 Å². The first kappa shape index (κ1) is 18.0. The van der Waals surface area contributed by atoms with Crippen LogP contribution < -0.4 is 10.6 Å². The van der Waals surface area contributed by atoms with Crippen LogP contribution in [0, 0.1) is 19.8 Å². The molecule has 5 nitrogen and oxygen atoms in total. The summed E-state index contributed by atoms with van der Waals surface area (Å²) >= 11 is 0. The van der Waals surface area contributed by atoms with Gasteiger partial charge >= 0.3 is 0 Å². The van der Waals surface area contributed by atoms with Crippen LogP contribution in [-0.2, 0) is 11.2 Å². The molecular weight excluding hydrogens is 290 g/mol. The van der Waals surface area contributed by atoms with Crippen LogP contribution in [0.2, 0.25) is 0 Å². The number of carbonyl (C=O) groups is 1. The van der Waals surface area contributed by atoms with Crippen LogP contribution in [0.1, 0.15) is 43.7 Å². The van der Waals surface area contributed by atoms with E-state index >= 15 is 0 Å². The number of nitrogens with zero attached hydrogens (tertiary/aromatic N) is 1. The molecule has 1 fully saturated rings. The predicted molar refractivity (Wildman–Crippen MR) is 84.7 cm³/mol. The average Bonchev–Trinajstić information content (AvgIpc) is 2.70. The molecule has 0 bridgehead atoms. The first-order chi connectivity index (χ1) is 9.47. The molecule has 21 heavy (non-hydrogen) atoms. The van der Waals surface area contributed by atoms with Crippen molar-refractivity contribution < 1.29 is 9.32 Å². The van der Waals surface area contributed by atoms with Crippen LogP contribution in [0.15, 0.2) is 4.52 Å². The van der Waals surface area contributed by atoms with E-state index in [0.29, 0.717) is 6.04 Å². The summed E-state index contributed by atoms with van der Waals surface area (Å²) in [5, 5.41) is 10.4. The summed E-state index contributed by atoms with van der Waals surface area (Å²) in [4.78, 5) is 12.3. The van der Waals surface area contributed by atoms with Gasteiger partial charge in [0.25, 0.3) is 0 Å². The third kappa shape index (κ3) is 4.71. The molecule has 1 saturated heterocycles. The molecule has 0 spiro atoms. The van der Waals surface area contributed by atoms with Gasteiger partial charge in [0.2, 0.25) is 5.91 Å². The second-order valence-corrected chi connectivity index (χ2v) is 5.99. The predicted octanol–water partition coefficient (Wildman–Crippen LogP) is 2.15. The van der Waals surface area contributed by atoms with Crippen molar-refractivity contribution in [2.75, 3.05) is 6.54 Å². The van der Waals surface area contributed by atoms with Gasteiger partial charge in [0, 0.05) is 23.6 Å². The summed E-state index contributed by atoms with van der Waals surface area (Å²) in [6.07, 6.45) is 2.62. The van der Waals surface area contributed by atoms with Crippen molar-refractivity contribution in [1.82, 2.24) is 15.8 Å². The van der Waals surface area contributed by atoms with Crippen molar-refractivity contribution in [2.45, 2.75) is 59.0 Å². The normalized spacial score (nSPS) is 23.2. The smallest absolute Gasteiger partial charge is 0.223 e. The lowest BCUT2D eigenvalue weighted by Gasteiger charge is -2.28. The molecule has 1 aromatic rings. The molecule has 2 rings (SSSR count). The molecule has 2 heterocycles. The Kier molecular flexibility index (Phi) is 6.68. The Bertz CT molecular complexity index is 456. The molecule has 3 atom stereocenters. The van der Waals surface area contributed by atoms with Crippen LogP contribution in [0.4, 0.5) is 0 Å². The van der Waals surface area contributed by atoms with Gasteiger partial charge in [-0.2, -0.15) is 0 Å². The van der Waals surface area contributed by atoms with Gasteiger partial charge in [0.1, 0.15) is 5.76 Å². The summed E-state index contributed by atoms with van der Waals surface area (Å²) < 4.78 is 5.16. The number of aryl methyl sites for hydroxylation is 2. The van der Waals surface area contributed by atoms with Gasteiger partial charge in [-0.15, -0.1) is 12.4 Å². The van der Waals surface area contributed by atoms with E-state index in [1.54, 1.807) is 0 Å². The first-order valence-electron chi connectivity index (χ1n) is 7.43. The monoisotopic (exact) mass is 315 g/mol. The molecule has 0 aromatic carbocycles. The van der Waals surface area contributed by atoms with E-state index in [4.69, 9.17) is 4.52 Å². The molecule has 2 N–H and O–H groups in total. The Morgan fingerprint density at radius 1 is 1.52 bits per heavy atom. The highest BCUT2D eigenvalue weighted by Crippen LogP contribution is 2.18. The maximum atomic E-state index is 12.3. The van der Waals surface area contributed by atoms with Gasteiger partial charge < -0.3 is 15.2 Å². The number of carbonyl (C=O) groups excluding carboxylic acids is 1. The van der Waals surface area contributed by atoms with Crippen LogP contribution in [-0.4, -0.2) is 29.7 Å². The fourth-order valence-electron chi connectivity index (χ4n) is 2.88. The summed E-state index contributed by atoms with van der Waals surface area (Å²) in [5.74, 6) is 1.16. The molecule has 1 aromatic heterocycles. The summed E-state index contributed by atoms with van der Waals surface area (Å²) in [7, 11) is 0. The number of hydrogen-bond donors (Lipinski definition) is 2. The lowest BCUT2D eigenvalue weighted by atomic mass is 9.92. The standard InChI is InChI=1S/C15H25N3O2.ClH/c1-9-7-13(5-6-16-9)15(19)17-10(2)8-14-11(3)18-20-12(14)4;/h9-10,13,16H,5-8H2,1-4H3,(H,17,19);1H/t9-,10?,13-;/m0./s1. The number of piperidine rings is 1. The molecule has 1 aliphatic rings. The molecule has 0 radical (unpaired) electrons. The lowest BCUT2D eigenvalue weighted by Crippen LogP contribution is -2.45. The SMILES string of the molecule is Cc1noc(C)c1CC(C)NC(=O)[C@H]1CCN[C@@H](C)C1.Cl. The summed E-state index contributed by atoms with van der Waals surface area (Å²) in [5.41, 5.74) is 2.02. The van der Waals surface area contributed by atoms with E-state index in [1.165, 1.54) is 0 Å². The number of hydrogen-bond acceptors (Lipinski definition) is 4. The zero-order valence-electron chi connectivity index (χ0n) is 13.2. The Morgan fingerprint density at radius 3 is 2.81 bits per heavy atom. The minimum absolute atomic E-state index is 0. The Balaban J connectivity index is 0.00000220. The van der Waals surface area contributed by atoms with Gasteiger partial charge in [-0.05, 0) is 53.5 Å². The molecule has 6 heteroatoms. The van der Waals surface area contributed by atoms with E-state index < -0.39 is 0 Å². The maximum Gasteiger partial charge on any atom is 0.223 e. The number of amides is 1. The highest BCUT2D eigenvalue weighted by Gasteiger charge is 2.25. The number of halogens is 1. The highest BCUT2D eigenvalue weighted by atomic mass is 35.5. The third-order valence-corrected chi connectivity index (χ3v) is 4.07. The van der Waals surface area contributed by atoms with E-state index in [9.17, 15) is 4.79 Å². The largest absolute Gasteiger partial charge is 0.361 e. The second-order valence-electron chi connectivity index (χ2n) is 5.99. The highest BCUT2D eigenvalue weighted by molar-refractivity contribution is 5.85. The first-order valence-corrected chi connectivity index (χ1v) is 7.43. The van der Waals surface area contributed by atoms with Crippen molar-refractivity contribution in [3.8, 4) is 0 Å². The van der Waals surface area contributed by atoms with Gasteiger partial charge in [0.15, 0.2) is 0 Å². The maximum absolute atomic E-state index is 12.3. The molecular formula is C15H26ClN3O2. The van der Waals surface area contributed by atoms with E-state index in [1.807, 2.05) is 20.8 Å². The fraction of sp³-hybridized carbons (Fsp3) is 0.733. The number of rotatable bonds is 4. The van der Waals surface area contributed by atoms with Crippen molar-refractivity contribution in [1.29, 1.82) is 0 Å². The molecule has 0 saturated carbocycles. The van der Waals surface area contributed by atoms with Crippen molar-refractivity contribution >= 4 is 18.3 Å². The van der Waals surface area contributed by atoms with Crippen molar-refractivity contribution in [2.24, 2.45) is 5.92 Å². The Labute approximate surface area is 132 Å².